The Morgan fingerprint density at radius 1 is 1.67 bits per heavy atom. The molecule has 0 radical (unpaired) electrons. The van der Waals surface area contributed by atoms with Crippen LogP contribution < -0.4 is 5.73 Å². The lowest BCUT2D eigenvalue weighted by Gasteiger charge is -2.22. The minimum Gasteiger partial charge on any atom is -0.480 e. The molecule has 1 saturated heterocycles. The number of aliphatic hydroxyl groups excluding tert-OH is 1. The first kappa shape index (κ1) is 8.79. The number of nitrogens with one attached hydrogen (secondary N) is 1. The lowest BCUT2D eigenvalue weighted by atomic mass is 10.2. The highest BCUT2D eigenvalue weighted by Crippen LogP contribution is 2.17. The predicted octanol–water partition coefficient (Wildman–Crippen LogP) is -1.60. The highest BCUT2D eigenvalue weighted by atomic mass is 16.4. The average Bonchev–Trinajstić information content (AvgIpc) is 2.30. The summed E-state index contributed by atoms with van der Waals surface area (Å²) < 4.78 is 0. The average molecular weight is 173 g/mol. The van der Waals surface area contributed by atoms with E-state index in [1.807, 2.05) is 0 Å². The molecule has 6 heteroatoms. The summed E-state index contributed by atoms with van der Waals surface area (Å²) in [6.45, 7) is 0.327. The Hall–Kier alpha value is -1.30. The highest BCUT2D eigenvalue weighted by Gasteiger charge is 2.39. The normalized spacial score (nSPS) is 28.9. The quantitative estimate of drug-likeness (QED) is 0.282. The van der Waals surface area contributed by atoms with Gasteiger partial charge < -0.3 is 20.8 Å². The Morgan fingerprint density at radius 3 is 2.58 bits per heavy atom. The van der Waals surface area contributed by atoms with E-state index in [0.29, 0.717) is 13.0 Å². The molecule has 0 bridgehead atoms. The zero-order valence-corrected chi connectivity index (χ0v) is 6.40. The molecule has 0 aliphatic carbocycles. The number of likely N-dealkylation sites (tertiary alicyclic amines) is 1. The van der Waals surface area contributed by atoms with E-state index in [2.05, 4.69) is 0 Å². The summed E-state index contributed by atoms with van der Waals surface area (Å²) in [5.74, 6) is -1.45. The van der Waals surface area contributed by atoms with Crippen molar-refractivity contribution in [3.63, 3.8) is 0 Å². The number of hydrogen-bond acceptors (Lipinski definition) is 3. The number of nitrogens with two attached hydrogens (primary N) is 1. The first-order valence-electron chi connectivity index (χ1n) is 3.55. The largest absolute Gasteiger partial charge is 0.480 e. The number of aliphatic hydroxyl groups is 1. The molecule has 1 heterocycles. The van der Waals surface area contributed by atoms with Crippen molar-refractivity contribution >= 4 is 11.9 Å². The van der Waals surface area contributed by atoms with Crippen molar-refractivity contribution in [3.8, 4) is 0 Å². The van der Waals surface area contributed by atoms with Gasteiger partial charge in [-0.1, -0.05) is 0 Å². The molecular formula is C6H11N3O3. The van der Waals surface area contributed by atoms with E-state index in [0.717, 1.165) is 0 Å². The van der Waals surface area contributed by atoms with E-state index in [1.165, 1.54) is 4.90 Å². The third-order valence-electron chi connectivity index (χ3n) is 1.93. The molecule has 1 aliphatic rings. The van der Waals surface area contributed by atoms with Crippen molar-refractivity contribution in [2.75, 3.05) is 6.54 Å². The van der Waals surface area contributed by atoms with Crippen molar-refractivity contribution in [3.05, 3.63) is 0 Å². The topological polar surface area (TPSA) is 111 Å². The summed E-state index contributed by atoms with van der Waals surface area (Å²) in [5, 5.41) is 24.9. The molecule has 68 valence electrons. The number of nitrogens with zero attached hydrogens (tertiary/aromatic N) is 1. The summed E-state index contributed by atoms with van der Waals surface area (Å²) in [4.78, 5) is 11.7. The molecule has 1 fully saturated rings. The van der Waals surface area contributed by atoms with Crippen LogP contribution in [0.25, 0.3) is 0 Å². The molecule has 0 aromatic heterocycles. The van der Waals surface area contributed by atoms with E-state index in [4.69, 9.17) is 16.2 Å². The van der Waals surface area contributed by atoms with E-state index in [-0.39, 0.29) is 5.96 Å². The van der Waals surface area contributed by atoms with Gasteiger partial charge in [-0.15, -0.1) is 0 Å². The predicted molar refractivity (Wildman–Crippen MR) is 40.7 cm³/mol. The SMILES string of the molecule is N=C(N)N1CCC(O)[C@H]1C(=O)O. The number of guanidine groups is 1. The minimum atomic E-state index is -1.14. The van der Waals surface area contributed by atoms with Gasteiger partial charge in [-0.3, -0.25) is 5.41 Å². The second-order valence-corrected chi connectivity index (χ2v) is 2.72. The number of aliphatic carboxylic acids is 1. The Balaban J connectivity index is 2.77. The third-order valence-corrected chi connectivity index (χ3v) is 1.93. The van der Waals surface area contributed by atoms with Crippen molar-refractivity contribution in [1.82, 2.24) is 4.90 Å². The molecule has 6 nitrogen and oxygen atoms in total. The molecule has 0 saturated carbocycles. The zero-order chi connectivity index (χ0) is 9.30. The molecule has 12 heavy (non-hydrogen) atoms. The smallest absolute Gasteiger partial charge is 0.329 e. The van der Waals surface area contributed by atoms with E-state index in [1.54, 1.807) is 0 Å². The number of hydrogen-bond donors (Lipinski definition) is 4. The second kappa shape index (κ2) is 2.98. The van der Waals surface area contributed by atoms with Gasteiger partial charge in [0.2, 0.25) is 0 Å². The summed E-state index contributed by atoms with van der Waals surface area (Å²) in [5.41, 5.74) is 5.12. The second-order valence-electron chi connectivity index (χ2n) is 2.72. The molecule has 2 atom stereocenters. The maximum atomic E-state index is 10.6. The van der Waals surface area contributed by atoms with Gasteiger partial charge in [-0.05, 0) is 6.42 Å². The Labute approximate surface area is 69.1 Å². The van der Waals surface area contributed by atoms with Gasteiger partial charge >= 0.3 is 5.97 Å². The third kappa shape index (κ3) is 1.33. The summed E-state index contributed by atoms with van der Waals surface area (Å²) in [6.07, 6.45) is -0.581. The maximum absolute atomic E-state index is 10.6. The van der Waals surface area contributed by atoms with Crippen molar-refractivity contribution in [2.45, 2.75) is 18.6 Å². The zero-order valence-electron chi connectivity index (χ0n) is 6.40. The molecule has 5 N–H and O–H groups in total. The van der Waals surface area contributed by atoms with E-state index >= 15 is 0 Å². The Morgan fingerprint density at radius 2 is 2.25 bits per heavy atom. The molecule has 1 rings (SSSR count). The van der Waals surface area contributed by atoms with Crippen LogP contribution in [0.15, 0.2) is 0 Å². The van der Waals surface area contributed by atoms with Crippen molar-refractivity contribution in [1.29, 1.82) is 5.41 Å². The van der Waals surface area contributed by atoms with Crippen molar-refractivity contribution in [2.24, 2.45) is 5.73 Å². The Kier molecular flexibility index (Phi) is 2.18. The van der Waals surface area contributed by atoms with Crippen LogP contribution in [0.3, 0.4) is 0 Å². The van der Waals surface area contributed by atoms with Crippen LogP contribution >= 0.6 is 0 Å². The molecule has 0 aromatic rings. The molecule has 0 aromatic carbocycles. The summed E-state index contributed by atoms with van der Waals surface area (Å²) in [7, 11) is 0. The fourth-order valence-corrected chi connectivity index (χ4v) is 1.34. The van der Waals surface area contributed by atoms with Crippen LogP contribution in [0.2, 0.25) is 0 Å². The first-order valence-corrected chi connectivity index (χ1v) is 3.55. The monoisotopic (exact) mass is 173 g/mol. The lowest BCUT2D eigenvalue weighted by Crippen LogP contribution is -2.47. The maximum Gasteiger partial charge on any atom is 0.329 e. The van der Waals surface area contributed by atoms with Crippen LogP contribution in [0.5, 0.6) is 0 Å². The number of rotatable bonds is 1. The molecular weight excluding hydrogens is 162 g/mol. The lowest BCUT2D eigenvalue weighted by molar-refractivity contribution is -0.143. The molecule has 1 unspecified atom stereocenters. The fourth-order valence-electron chi connectivity index (χ4n) is 1.34. The van der Waals surface area contributed by atoms with Gasteiger partial charge in [0.1, 0.15) is 0 Å². The standard InChI is InChI=1S/C6H11N3O3/c7-6(8)9-2-1-3(10)4(9)5(11)12/h3-4,10H,1-2H2,(H3,7,8)(H,11,12)/t3?,4-/m0/s1. The van der Waals surface area contributed by atoms with Crippen molar-refractivity contribution < 1.29 is 15.0 Å². The van der Waals surface area contributed by atoms with Gasteiger partial charge in [-0.2, -0.15) is 0 Å². The van der Waals surface area contributed by atoms with Crippen LogP contribution in [0.1, 0.15) is 6.42 Å². The summed E-state index contributed by atoms with van der Waals surface area (Å²) >= 11 is 0. The molecule has 0 amide bonds. The van der Waals surface area contributed by atoms with Crippen LogP contribution in [0, 0.1) is 5.41 Å². The number of carboxylic acids is 1. The highest BCUT2D eigenvalue weighted by molar-refractivity contribution is 5.84. The van der Waals surface area contributed by atoms with Gasteiger partial charge in [-0.25, -0.2) is 4.79 Å². The van der Waals surface area contributed by atoms with Gasteiger partial charge in [0.05, 0.1) is 6.10 Å². The van der Waals surface area contributed by atoms with Gasteiger partial charge in [0, 0.05) is 6.54 Å². The van der Waals surface area contributed by atoms with E-state index in [9.17, 15) is 9.90 Å². The molecule has 0 spiro atoms. The van der Waals surface area contributed by atoms with Gasteiger partial charge in [0.25, 0.3) is 0 Å². The van der Waals surface area contributed by atoms with Crippen LogP contribution in [-0.4, -0.2) is 45.7 Å². The fraction of sp³-hybridized carbons (Fsp3) is 0.667. The summed E-state index contributed by atoms with van der Waals surface area (Å²) in [6, 6.07) is -1.05. The van der Waals surface area contributed by atoms with Gasteiger partial charge in [0.15, 0.2) is 12.0 Å². The van der Waals surface area contributed by atoms with E-state index < -0.39 is 18.1 Å². The number of carbonyl (C=O) groups is 1. The first-order chi connectivity index (χ1) is 5.54. The molecule has 1 aliphatic heterocycles. The number of carboxylic acid groups (broad SMARTS) is 1. The van der Waals surface area contributed by atoms with Crippen LogP contribution in [-0.2, 0) is 4.79 Å². The van der Waals surface area contributed by atoms with Crippen LogP contribution in [0.4, 0.5) is 0 Å². The Bertz CT molecular complexity index is 218. The minimum absolute atomic E-state index is 0.307.